The van der Waals surface area contributed by atoms with Gasteiger partial charge < -0.3 is 4.90 Å². The fraction of sp³-hybridized carbons (Fsp3) is 0.273. The Kier molecular flexibility index (Phi) is 6.69. The molecule has 0 aliphatic rings. The molecule has 1 aromatic heterocycles. The Labute approximate surface area is 169 Å². The van der Waals surface area contributed by atoms with E-state index in [1.807, 2.05) is 54.3 Å². The first-order valence-electron chi connectivity index (χ1n) is 9.01. The zero-order valence-corrected chi connectivity index (χ0v) is 17.5. The summed E-state index contributed by atoms with van der Waals surface area (Å²) in [5, 5.41) is 3.20. The van der Waals surface area contributed by atoms with Crippen LogP contribution in [-0.4, -0.2) is 21.8 Å². The second kappa shape index (κ2) is 9.20. The van der Waals surface area contributed by atoms with Gasteiger partial charge in [0.1, 0.15) is 0 Å². The Morgan fingerprint density at radius 2 is 1.81 bits per heavy atom. The van der Waals surface area contributed by atoms with Crippen molar-refractivity contribution in [3.05, 3.63) is 81.8 Å². The van der Waals surface area contributed by atoms with Gasteiger partial charge in [-0.25, -0.2) is 4.98 Å². The minimum Gasteiger partial charge on any atom is -0.332 e. The molecule has 0 fully saturated rings. The molecule has 0 atom stereocenters. The van der Waals surface area contributed by atoms with Crippen molar-refractivity contribution < 1.29 is 4.79 Å². The van der Waals surface area contributed by atoms with Crippen LogP contribution >= 0.6 is 23.1 Å². The largest absolute Gasteiger partial charge is 0.332 e. The zero-order valence-electron chi connectivity index (χ0n) is 15.9. The summed E-state index contributed by atoms with van der Waals surface area (Å²) in [5.41, 5.74) is 2.98. The number of aryl methyl sites for hydroxylation is 1. The lowest BCUT2D eigenvalue weighted by Gasteiger charge is -2.27. The van der Waals surface area contributed by atoms with Crippen molar-refractivity contribution in [1.29, 1.82) is 0 Å². The lowest BCUT2D eigenvalue weighted by Crippen LogP contribution is -2.36. The number of rotatable bonds is 7. The van der Waals surface area contributed by atoms with E-state index in [1.54, 1.807) is 23.1 Å². The molecule has 5 heteroatoms. The third-order valence-corrected chi connectivity index (χ3v) is 6.10. The minimum atomic E-state index is 0.0699. The van der Waals surface area contributed by atoms with E-state index in [1.165, 1.54) is 0 Å². The summed E-state index contributed by atoms with van der Waals surface area (Å²) in [4.78, 5) is 20.5. The van der Waals surface area contributed by atoms with Crippen LogP contribution in [0.2, 0.25) is 0 Å². The van der Waals surface area contributed by atoms with Crippen LogP contribution in [0.3, 0.4) is 0 Å². The van der Waals surface area contributed by atoms with Crippen LogP contribution in [0.25, 0.3) is 0 Å². The van der Waals surface area contributed by atoms with Gasteiger partial charge in [-0.05, 0) is 50.6 Å². The van der Waals surface area contributed by atoms with Crippen molar-refractivity contribution in [3.63, 3.8) is 0 Å². The molecular weight excluding hydrogens is 372 g/mol. The highest BCUT2D eigenvalue weighted by molar-refractivity contribution is 7.98. The van der Waals surface area contributed by atoms with Gasteiger partial charge in [0.25, 0.3) is 5.91 Å². The fourth-order valence-electron chi connectivity index (χ4n) is 2.76. The van der Waals surface area contributed by atoms with E-state index in [4.69, 9.17) is 0 Å². The number of benzene rings is 2. The second-order valence-electron chi connectivity index (χ2n) is 6.68. The van der Waals surface area contributed by atoms with Gasteiger partial charge in [0.15, 0.2) is 0 Å². The summed E-state index contributed by atoms with van der Waals surface area (Å²) in [7, 11) is 0. The maximum atomic E-state index is 13.0. The summed E-state index contributed by atoms with van der Waals surface area (Å²) in [6.07, 6.45) is 0. The van der Waals surface area contributed by atoms with Crippen molar-refractivity contribution in [1.82, 2.24) is 9.88 Å². The van der Waals surface area contributed by atoms with Gasteiger partial charge in [-0.15, -0.1) is 23.1 Å². The Balaban J connectivity index is 1.65. The number of hydrogen-bond donors (Lipinski definition) is 0. The first-order chi connectivity index (χ1) is 13.0. The molecule has 3 nitrogen and oxygen atoms in total. The maximum absolute atomic E-state index is 13.0. The molecule has 0 saturated carbocycles. The van der Waals surface area contributed by atoms with E-state index in [2.05, 4.69) is 36.3 Å². The fourth-order valence-corrected chi connectivity index (χ4v) is 4.27. The molecule has 0 aliphatic heterocycles. The maximum Gasteiger partial charge on any atom is 0.254 e. The van der Waals surface area contributed by atoms with Crippen LogP contribution in [0.4, 0.5) is 0 Å². The zero-order chi connectivity index (χ0) is 19.2. The molecule has 0 unspecified atom stereocenters. The van der Waals surface area contributed by atoms with Gasteiger partial charge in [0, 0.05) is 34.2 Å². The Hall–Kier alpha value is -2.11. The summed E-state index contributed by atoms with van der Waals surface area (Å²) < 4.78 is 0. The summed E-state index contributed by atoms with van der Waals surface area (Å²) in [5.74, 6) is 0.921. The van der Waals surface area contributed by atoms with E-state index in [9.17, 15) is 4.79 Å². The van der Waals surface area contributed by atoms with Gasteiger partial charge in [0.05, 0.1) is 10.7 Å². The number of nitrogens with zero attached hydrogens (tertiary/aromatic N) is 2. The molecule has 1 heterocycles. The number of amides is 1. The van der Waals surface area contributed by atoms with Crippen molar-refractivity contribution in [2.75, 3.05) is 0 Å². The smallest absolute Gasteiger partial charge is 0.254 e. The third kappa shape index (κ3) is 5.44. The molecule has 2 aromatic carbocycles. The van der Waals surface area contributed by atoms with E-state index in [0.29, 0.717) is 6.54 Å². The lowest BCUT2D eigenvalue weighted by atomic mass is 10.1. The van der Waals surface area contributed by atoms with Crippen LogP contribution in [0.1, 0.15) is 40.5 Å². The second-order valence-corrected chi connectivity index (χ2v) is 8.79. The highest BCUT2D eigenvalue weighted by Gasteiger charge is 2.19. The quantitative estimate of drug-likeness (QED) is 0.474. The molecular formula is C22H24N2OS2. The highest BCUT2D eigenvalue weighted by Crippen LogP contribution is 2.24. The number of thiazole rings is 1. The molecule has 0 N–H and O–H groups in total. The molecule has 3 rings (SSSR count). The average Bonchev–Trinajstić information content (AvgIpc) is 3.10. The summed E-state index contributed by atoms with van der Waals surface area (Å²) >= 11 is 3.42. The van der Waals surface area contributed by atoms with Crippen molar-refractivity contribution in [3.8, 4) is 0 Å². The first kappa shape index (κ1) is 19.6. The van der Waals surface area contributed by atoms with Crippen LogP contribution in [0, 0.1) is 6.92 Å². The highest BCUT2D eigenvalue weighted by atomic mass is 32.2. The van der Waals surface area contributed by atoms with Crippen LogP contribution in [0.5, 0.6) is 0 Å². The molecule has 27 heavy (non-hydrogen) atoms. The molecule has 0 radical (unpaired) electrons. The van der Waals surface area contributed by atoms with Gasteiger partial charge in [0.2, 0.25) is 0 Å². The van der Waals surface area contributed by atoms with E-state index >= 15 is 0 Å². The van der Waals surface area contributed by atoms with Crippen molar-refractivity contribution in [2.24, 2.45) is 0 Å². The number of carbonyl (C=O) groups is 1. The van der Waals surface area contributed by atoms with Gasteiger partial charge >= 0.3 is 0 Å². The van der Waals surface area contributed by atoms with Crippen LogP contribution < -0.4 is 0 Å². The predicted molar refractivity (Wildman–Crippen MR) is 114 cm³/mol. The topological polar surface area (TPSA) is 33.2 Å². The van der Waals surface area contributed by atoms with E-state index in [0.717, 1.165) is 32.5 Å². The normalized spacial score (nSPS) is 11.0. The molecule has 0 bridgehead atoms. The summed E-state index contributed by atoms with van der Waals surface area (Å²) in [6.45, 7) is 6.76. The molecule has 0 aliphatic carbocycles. The predicted octanol–water partition coefficient (Wildman–Crippen LogP) is 5.79. The van der Waals surface area contributed by atoms with Crippen molar-refractivity contribution >= 4 is 29.0 Å². The monoisotopic (exact) mass is 396 g/mol. The van der Waals surface area contributed by atoms with Crippen LogP contribution in [0.15, 0.2) is 64.9 Å². The Morgan fingerprint density at radius 3 is 2.41 bits per heavy atom. The minimum absolute atomic E-state index is 0.0699. The number of hydrogen-bond acceptors (Lipinski definition) is 4. The first-order valence-corrected chi connectivity index (χ1v) is 10.9. The van der Waals surface area contributed by atoms with E-state index < -0.39 is 0 Å². The molecule has 0 spiro atoms. The standard InChI is InChI=1S/C22H24N2OS2/c1-16(2)24(13-18-7-5-4-6-8-18)22(25)19-9-11-21(12-10-19)27-15-20-14-26-17(3)23-20/h4-12,14,16H,13,15H2,1-3H3. The SMILES string of the molecule is Cc1nc(CSc2ccc(C(=O)N(Cc3ccccc3)C(C)C)cc2)cs1. The lowest BCUT2D eigenvalue weighted by molar-refractivity contribution is 0.0690. The van der Waals surface area contributed by atoms with Gasteiger partial charge in [-0.2, -0.15) is 0 Å². The third-order valence-electron chi connectivity index (χ3n) is 4.23. The number of thioether (sulfide) groups is 1. The molecule has 1 amide bonds. The van der Waals surface area contributed by atoms with Gasteiger partial charge in [-0.1, -0.05) is 30.3 Å². The number of carbonyl (C=O) groups excluding carboxylic acids is 1. The van der Waals surface area contributed by atoms with E-state index in [-0.39, 0.29) is 11.9 Å². The average molecular weight is 397 g/mol. The summed E-state index contributed by atoms with van der Waals surface area (Å²) in [6, 6.07) is 18.2. The number of aromatic nitrogens is 1. The Morgan fingerprint density at radius 1 is 1.11 bits per heavy atom. The van der Waals surface area contributed by atoms with Gasteiger partial charge in [-0.3, -0.25) is 4.79 Å². The molecule has 0 saturated heterocycles. The molecule has 3 aromatic rings. The Bertz CT molecular complexity index is 873. The molecule has 140 valence electrons. The van der Waals surface area contributed by atoms with Crippen LogP contribution in [-0.2, 0) is 12.3 Å². The van der Waals surface area contributed by atoms with Crippen molar-refractivity contribution in [2.45, 2.75) is 44.0 Å².